The Morgan fingerprint density at radius 1 is 1.15 bits per heavy atom. The van der Waals surface area contributed by atoms with Crippen LogP contribution < -0.4 is 5.32 Å². The van der Waals surface area contributed by atoms with E-state index in [0.717, 1.165) is 5.69 Å². The summed E-state index contributed by atoms with van der Waals surface area (Å²) < 4.78 is 10.1. The summed E-state index contributed by atoms with van der Waals surface area (Å²) >= 11 is 0. The topological polar surface area (TPSA) is 64.6 Å². The first kappa shape index (κ1) is 16.0. The number of anilines is 1. The van der Waals surface area contributed by atoms with Crippen LogP contribution in [0.5, 0.6) is 0 Å². The van der Waals surface area contributed by atoms with Crippen LogP contribution in [0.3, 0.4) is 0 Å². The summed E-state index contributed by atoms with van der Waals surface area (Å²) in [5.74, 6) is -0.682. The minimum Gasteiger partial charge on any atom is -0.462 e. The summed E-state index contributed by atoms with van der Waals surface area (Å²) in [7, 11) is 0. The van der Waals surface area contributed by atoms with E-state index < -0.39 is 5.60 Å². The average Bonchev–Trinajstić information content (AvgIpc) is 2.35. The zero-order chi connectivity index (χ0) is 15.2. The molecule has 0 spiro atoms. The highest BCUT2D eigenvalue weighted by Crippen LogP contribution is 2.11. The number of hydrogen-bond donors (Lipinski definition) is 1. The Hall–Kier alpha value is -2.04. The van der Waals surface area contributed by atoms with Crippen LogP contribution >= 0.6 is 0 Å². The first-order chi connectivity index (χ1) is 9.31. The maximum Gasteiger partial charge on any atom is 0.338 e. The molecule has 20 heavy (non-hydrogen) atoms. The molecule has 5 heteroatoms. The van der Waals surface area contributed by atoms with E-state index in [1.807, 2.05) is 20.8 Å². The van der Waals surface area contributed by atoms with E-state index in [9.17, 15) is 9.59 Å². The highest BCUT2D eigenvalue weighted by atomic mass is 16.6. The Morgan fingerprint density at radius 2 is 1.75 bits per heavy atom. The van der Waals surface area contributed by atoms with Gasteiger partial charge in [0.05, 0.1) is 12.2 Å². The molecule has 0 radical (unpaired) electrons. The highest BCUT2D eigenvalue weighted by Gasteiger charge is 2.15. The summed E-state index contributed by atoms with van der Waals surface area (Å²) in [4.78, 5) is 23.0. The average molecular weight is 279 g/mol. The van der Waals surface area contributed by atoms with Crippen LogP contribution in [-0.2, 0) is 14.3 Å². The van der Waals surface area contributed by atoms with E-state index in [2.05, 4.69) is 5.32 Å². The predicted molar refractivity (Wildman–Crippen MR) is 76.7 cm³/mol. The fourth-order valence-electron chi connectivity index (χ4n) is 1.49. The molecule has 0 aromatic heterocycles. The van der Waals surface area contributed by atoms with Gasteiger partial charge in [-0.15, -0.1) is 0 Å². The van der Waals surface area contributed by atoms with Gasteiger partial charge in [-0.05, 0) is 52.0 Å². The summed E-state index contributed by atoms with van der Waals surface area (Å²) in [6.07, 6.45) is 0. The van der Waals surface area contributed by atoms with Crippen LogP contribution in [0, 0.1) is 0 Å². The number of ether oxygens (including phenoxy) is 2. The van der Waals surface area contributed by atoms with Crippen LogP contribution in [0.1, 0.15) is 38.1 Å². The van der Waals surface area contributed by atoms with Crippen LogP contribution in [0.15, 0.2) is 24.3 Å². The Labute approximate surface area is 119 Å². The van der Waals surface area contributed by atoms with Crippen LogP contribution in [0.4, 0.5) is 5.69 Å². The lowest BCUT2D eigenvalue weighted by molar-refractivity contribution is -0.152. The molecule has 0 fully saturated rings. The number of carbonyl (C=O) groups excluding carboxylic acids is 2. The third-order valence-corrected chi connectivity index (χ3v) is 2.25. The van der Waals surface area contributed by atoms with Crippen molar-refractivity contribution in [1.29, 1.82) is 0 Å². The monoisotopic (exact) mass is 279 g/mol. The third-order valence-electron chi connectivity index (χ3n) is 2.25. The first-order valence-electron chi connectivity index (χ1n) is 6.54. The van der Waals surface area contributed by atoms with Crippen LogP contribution in [-0.4, -0.2) is 30.7 Å². The van der Waals surface area contributed by atoms with Crippen molar-refractivity contribution in [2.45, 2.75) is 33.3 Å². The molecule has 0 saturated heterocycles. The van der Waals surface area contributed by atoms with Crippen molar-refractivity contribution >= 4 is 17.6 Å². The number of carbonyl (C=O) groups is 2. The van der Waals surface area contributed by atoms with Crippen LogP contribution in [0.25, 0.3) is 0 Å². The van der Waals surface area contributed by atoms with E-state index in [4.69, 9.17) is 9.47 Å². The van der Waals surface area contributed by atoms with Gasteiger partial charge in [0, 0.05) is 5.69 Å². The molecule has 0 heterocycles. The van der Waals surface area contributed by atoms with Gasteiger partial charge >= 0.3 is 11.9 Å². The van der Waals surface area contributed by atoms with Crippen molar-refractivity contribution in [2.24, 2.45) is 0 Å². The molecule has 0 aliphatic carbocycles. The third kappa shape index (κ3) is 5.73. The molecule has 1 aromatic carbocycles. The highest BCUT2D eigenvalue weighted by molar-refractivity contribution is 5.89. The number of rotatable bonds is 5. The number of hydrogen-bond acceptors (Lipinski definition) is 5. The Balaban J connectivity index is 2.50. The smallest absolute Gasteiger partial charge is 0.338 e. The number of nitrogens with one attached hydrogen (secondary N) is 1. The van der Waals surface area contributed by atoms with Gasteiger partial charge < -0.3 is 14.8 Å². The molecule has 5 nitrogen and oxygen atoms in total. The van der Waals surface area contributed by atoms with Gasteiger partial charge in [0.1, 0.15) is 12.1 Å². The molecular weight excluding hydrogens is 258 g/mol. The van der Waals surface area contributed by atoms with Gasteiger partial charge in [-0.25, -0.2) is 4.79 Å². The molecule has 0 aliphatic heterocycles. The molecule has 0 amide bonds. The SMILES string of the molecule is CCOC(=O)c1ccc(NCC(=O)OC(C)(C)C)cc1. The molecule has 1 rings (SSSR count). The zero-order valence-electron chi connectivity index (χ0n) is 12.4. The van der Waals surface area contributed by atoms with E-state index in [1.54, 1.807) is 31.2 Å². The molecule has 0 unspecified atom stereocenters. The lowest BCUT2D eigenvalue weighted by Crippen LogP contribution is -2.28. The van der Waals surface area contributed by atoms with Crippen molar-refractivity contribution in [2.75, 3.05) is 18.5 Å². The molecule has 0 aliphatic rings. The standard InChI is InChI=1S/C15H21NO4/c1-5-19-14(18)11-6-8-12(9-7-11)16-10-13(17)20-15(2,3)4/h6-9,16H,5,10H2,1-4H3. The zero-order valence-corrected chi connectivity index (χ0v) is 12.4. The van der Waals surface area contributed by atoms with Gasteiger partial charge in [-0.2, -0.15) is 0 Å². The van der Waals surface area contributed by atoms with Crippen molar-refractivity contribution in [3.8, 4) is 0 Å². The number of esters is 2. The summed E-state index contributed by atoms with van der Waals surface area (Å²) in [6, 6.07) is 6.73. The second-order valence-electron chi connectivity index (χ2n) is 5.24. The van der Waals surface area contributed by atoms with Crippen molar-refractivity contribution in [3.63, 3.8) is 0 Å². The van der Waals surface area contributed by atoms with Gasteiger partial charge in [-0.3, -0.25) is 4.79 Å². The van der Waals surface area contributed by atoms with Gasteiger partial charge in [0.2, 0.25) is 0 Å². The summed E-state index contributed by atoms with van der Waals surface area (Å²) in [6.45, 7) is 7.64. The lowest BCUT2D eigenvalue weighted by atomic mass is 10.2. The maximum atomic E-state index is 11.5. The normalized spacial score (nSPS) is 10.8. The van der Waals surface area contributed by atoms with E-state index in [0.29, 0.717) is 12.2 Å². The van der Waals surface area contributed by atoms with E-state index >= 15 is 0 Å². The van der Waals surface area contributed by atoms with Crippen molar-refractivity contribution in [1.82, 2.24) is 0 Å². The first-order valence-corrected chi connectivity index (χ1v) is 6.54. The summed E-state index contributed by atoms with van der Waals surface area (Å²) in [5, 5.41) is 2.94. The Morgan fingerprint density at radius 3 is 2.25 bits per heavy atom. The van der Waals surface area contributed by atoms with E-state index in [-0.39, 0.29) is 18.5 Å². The lowest BCUT2D eigenvalue weighted by Gasteiger charge is -2.19. The molecule has 1 aromatic rings. The molecule has 110 valence electrons. The second kappa shape index (κ2) is 6.93. The van der Waals surface area contributed by atoms with Crippen molar-refractivity contribution in [3.05, 3.63) is 29.8 Å². The fraction of sp³-hybridized carbons (Fsp3) is 0.467. The minimum absolute atomic E-state index is 0.0794. The van der Waals surface area contributed by atoms with Gasteiger partial charge in [0.15, 0.2) is 0 Å². The molecular formula is C15H21NO4. The fourth-order valence-corrected chi connectivity index (χ4v) is 1.49. The molecule has 1 N–H and O–H groups in total. The summed E-state index contributed by atoms with van der Waals surface area (Å²) in [5.41, 5.74) is 0.727. The number of benzene rings is 1. The Bertz CT molecular complexity index is 460. The van der Waals surface area contributed by atoms with Crippen LogP contribution in [0.2, 0.25) is 0 Å². The molecule has 0 bridgehead atoms. The van der Waals surface area contributed by atoms with Gasteiger partial charge in [0.25, 0.3) is 0 Å². The maximum absolute atomic E-state index is 11.5. The van der Waals surface area contributed by atoms with E-state index in [1.165, 1.54) is 0 Å². The van der Waals surface area contributed by atoms with Gasteiger partial charge in [-0.1, -0.05) is 0 Å². The predicted octanol–water partition coefficient (Wildman–Crippen LogP) is 2.62. The minimum atomic E-state index is -0.494. The largest absolute Gasteiger partial charge is 0.462 e. The Kier molecular flexibility index (Phi) is 5.55. The second-order valence-corrected chi connectivity index (χ2v) is 5.24. The van der Waals surface area contributed by atoms with Crippen molar-refractivity contribution < 1.29 is 19.1 Å². The molecule has 0 atom stereocenters. The quantitative estimate of drug-likeness (QED) is 0.839. The molecule has 0 saturated carbocycles.